The molecule has 9 heteroatoms. The van der Waals surface area contributed by atoms with E-state index >= 15 is 0 Å². The Morgan fingerprint density at radius 1 is 1.43 bits per heavy atom. The Bertz CT molecular complexity index is 814. The summed E-state index contributed by atoms with van der Waals surface area (Å²) in [4.78, 5) is 15.5. The van der Waals surface area contributed by atoms with E-state index in [1.54, 1.807) is 23.6 Å². The van der Waals surface area contributed by atoms with Crippen LogP contribution in [0.3, 0.4) is 0 Å². The van der Waals surface area contributed by atoms with Crippen LogP contribution in [0.4, 0.5) is 10.8 Å². The molecule has 0 bridgehead atoms. The number of nitrogens with zero attached hydrogens (tertiary/aromatic N) is 1. The summed E-state index contributed by atoms with van der Waals surface area (Å²) in [5, 5.41) is 4.75. The van der Waals surface area contributed by atoms with Crippen molar-refractivity contribution in [3.8, 4) is 17.0 Å². The summed E-state index contributed by atoms with van der Waals surface area (Å²) >= 11 is 1.19. The van der Waals surface area contributed by atoms with E-state index in [0.29, 0.717) is 22.3 Å². The van der Waals surface area contributed by atoms with Gasteiger partial charge in [-0.25, -0.2) is 13.4 Å². The van der Waals surface area contributed by atoms with E-state index in [2.05, 4.69) is 15.0 Å². The molecule has 2 aromatic rings. The van der Waals surface area contributed by atoms with Crippen molar-refractivity contribution >= 4 is 38.1 Å². The Labute approximate surface area is 125 Å². The quantitative estimate of drug-likeness (QED) is 0.891. The molecular weight excluding hydrogens is 314 g/mol. The molecule has 0 fully saturated rings. The van der Waals surface area contributed by atoms with Crippen molar-refractivity contribution in [2.24, 2.45) is 0 Å². The number of carbonyl (C=O) groups is 1. The zero-order valence-corrected chi connectivity index (χ0v) is 12.5. The molecule has 0 saturated heterocycles. The number of thiazole rings is 1. The molecule has 7 nitrogen and oxygen atoms in total. The molecule has 1 aromatic carbocycles. The van der Waals surface area contributed by atoms with Crippen LogP contribution in [0, 0.1) is 0 Å². The highest BCUT2D eigenvalue weighted by Gasteiger charge is 2.17. The third-order valence-corrected chi connectivity index (χ3v) is 4.14. The minimum atomic E-state index is -3.35. The third-order valence-electron chi connectivity index (χ3n) is 2.69. The molecular formula is C12H11N3O4S2. The maximum atomic E-state index is 11.3. The predicted molar refractivity (Wildman–Crippen MR) is 80.1 cm³/mol. The second-order valence-electron chi connectivity index (χ2n) is 4.46. The molecule has 0 atom stereocenters. The monoisotopic (exact) mass is 325 g/mol. The highest BCUT2D eigenvalue weighted by Crippen LogP contribution is 2.33. The predicted octanol–water partition coefficient (Wildman–Crippen LogP) is 1.51. The number of nitrogens with one attached hydrogen (secondary N) is 2. The third kappa shape index (κ3) is 3.14. The van der Waals surface area contributed by atoms with Gasteiger partial charge in [-0.2, -0.15) is 0 Å². The highest BCUT2D eigenvalue weighted by molar-refractivity contribution is 7.92. The molecule has 0 aliphatic carbocycles. The van der Waals surface area contributed by atoms with E-state index in [1.165, 1.54) is 11.3 Å². The zero-order chi connectivity index (χ0) is 15.0. The van der Waals surface area contributed by atoms with E-state index < -0.39 is 10.0 Å². The first kappa shape index (κ1) is 13.8. The lowest BCUT2D eigenvalue weighted by Crippen LogP contribution is -2.25. The number of carbonyl (C=O) groups excluding carboxylic acids is 1. The van der Waals surface area contributed by atoms with E-state index in [0.717, 1.165) is 11.8 Å². The zero-order valence-electron chi connectivity index (χ0n) is 10.9. The standard InChI is InChI=1S/C12H11N3O4S2/c1-21(17,18)15-12-14-9(6-20-12)7-2-3-10-8(4-7)13-11(16)5-19-10/h2-4,6H,5H2,1H3,(H,13,16)(H,14,15). The SMILES string of the molecule is CS(=O)(=O)Nc1nc(-c2ccc3c(c2)NC(=O)CO3)cs1. The number of fused-ring (bicyclic) bond motifs is 1. The van der Waals surface area contributed by atoms with Crippen LogP contribution in [0.1, 0.15) is 0 Å². The van der Waals surface area contributed by atoms with Gasteiger partial charge in [-0.1, -0.05) is 0 Å². The summed E-state index contributed by atoms with van der Waals surface area (Å²) in [6, 6.07) is 5.29. The number of aromatic nitrogens is 1. The Morgan fingerprint density at radius 3 is 3.00 bits per heavy atom. The Hall–Kier alpha value is -2.13. The maximum absolute atomic E-state index is 11.3. The summed E-state index contributed by atoms with van der Waals surface area (Å²) in [6.07, 6.45) is 1.07. The van der Waals surface area contributed by atoms with Crippen molar-refractivity contribution in [1.82, 2.24) is 4.98 Å². The molecule has 2 N–H and O–H groups in total. The van der Waals surface area contributed by atoms with Crippen LogP contribution in [-0.2, 0) is 14.8 Å². The molecule has 110 valence electrons. The molecule has 1 aliphatic rings. The normalized spacial score (nSPS) is 14.0. The van der Waals surface area contributed by atoms with Crippen molar-refractivity contribution < 1.29 is 17.9 Å². The Morgan fingerprint density at radius 2 is 2.24 bits per heavy atom. The van der Waals surface area contributed by atoms with E-state index in [1.807, 2.05) is 0 Å². The average Bonchev–Trinajstić information content (AvgIpc) is 2.84. The smallest absolute Gasteiger partial charge is 0.262 e. The summed E-state index contributed by atoms with van der Waals surface area (Å²) in [5.41, 5.74) is 1.96. The van der Waals surface area contributed by atoms with Crippen molar-refractivity contribution in [1.29, 1.82) is 0 Å². The van der Waals surface area contributed by atoms with Crippen LogP contribution in [0.25, 0.3) is 11.3 Å². The van der Waals surface area contributed by atoms with Gasteiger partial charge in [-0.3, -0.25) is 9.52 Å². The summed E-state index contributed by atoms with van der Waals surface area (Å²) in [6.45, 7) is 0.00543. The van der Waals surface area contributed by atoms with Gasteiger partial charge in [-0.05, 0) is 18.2 Å². The fraction of sp³-hybridized carbons (Fsp3) is 0.167. The van der Waals surface area contributed by atoms with Crippen LogP contribution in [0.2, 0.25) is 0 Å². The van der Waals surface area contributed by atoms with Gasteiger partial charge in [0.15, 0.2) is 11.7 Å². The lowest BCUT2D eigenvalue weighted by molar-refractivity contribution is -0.118. The number of hydrogen-bond donors (Lipinski definition) is 2. The largest absolute Gasteiger partial charge is 0.482 e. The van der Waals surface area contributed by atoms with Gasteiger partial charge in [0.25, 0.3) is 5.91 Å². The highest BCUT2D eigenvalue weighted by atomic mass is 32.2. The molecule has 3 rings (SSSR count). The van der Waals surface area contributed by atoms with E-state index in [4.69, 9.17) is 4.74 Å². The first-order valence-electron chi connectivity index (χ1n) is 5.91. The second-order valence-corrected chi connectivity index (χ2v) is 7.07. The number of sulfonamides is 1. The number of benzene rings is 1. The molecule has 21 heavy (non-hydrogen) atoms. The lowest BCUT2D eigenvalue weighted by Gasteiger charge is -2.18. The average molecular weight is 325 g/mol. The Kier molecular flexibility index (Phi) is 3.30. The molecule has 1 aliphatic heterocycles. The topological polar surface area (TPSA) is 97.4 Å². The molecule has 0 saturated carbocycles. The first-order chi connectivity index (χ1) is 9.90. The van der Waals surface area contributed by atoms with Crippen molar-refractivity contribution in [3.63, 3.8) is 0 Å². The van der Waals surface area contributed by atoms with E-state index in [-0.39, 0.29) is 12.5 Å². The summed E-state index contributed by atoms with van der Waals surface area (Å²) < 4.78 is 29.9. The summed E-state index contributed by atoms with van der Waals surface area (Å²) in [5.74, 6) is 0.389. The van der Waals surface area contributed by atoms with Crippen LogP contribution in [0.5, 0.6) is 5.75 Å². The van der Waals surface area contributed by atoms with Crippen LogP contribution < -0.4 is 14.8 Å². The number of rotatable bonds is 3. The molecule has 2 heterocycles. The van der Waals surface area contributed by atoms with Crippen molar-refractivity contribution in [3.05, 3.63) is 23.6 Å². The first-order valence-corrected chi connectivity index (χ1v) is 8.68. The fourth-order valence-electron chi connectivity index (χ4n) is 1.85. The number of anilines is 2. The van der Waals surface area contributed by atoms with Crippen molar-refractivity contribution in [2.75, 3.05) is 22.9 Å². The number of ether oxygens (including phenoxy) is 1. The van der Waals surface area contributed by atoms with Crippen LogP contribution >= 0.6 is 11.3 Å². The Balaban J connectivity index is 1.91. The van der Waals surface area contributed by atoms with Gasteiger partial charge < -0.3 is 10.1 Å². The minimum Gasteiger partial charge on any atom is -0.482 e. The molecule has 0 unspecified atom stereocenters. The van der Waals surface area contributed by atoms with Crippen molar-refractivity contribution in [2.45, 2.75) is 0 Å². The molecule has 1 amide bonds. The van der Waals surface area contributed by atoms with Gasteiger partial charge in [0.2, 0.25) is 10.0 Å². The number of amides is 1. The molecule has 0 radical (unpaired) electrons. The second kappa shape index (κ2) is 5.01. The minimum absolute atomic E-state index is 0.00543. The lowest BCUT2D eigenvalue weighted by atomic mass is 10.1. The van der Waals surface area contributed by atoms with Crippen LogP contribution in [-0.4, -0.2) is 32.2 Å². The fourth-order valence-corrected chi connectivity index (χ4v) is 3.43. The van der Waals surface area contributed by atoms with Gasteiger partial charge >= 0.3 is 0 Å². The maximum Gasteiger partial charge on any atom is 0.262 e. The van der Waals surface area contributed by atoms with Gasteiger partial charge in [0, 0.05) is 10.9 Å². The molecule has 1 aromatic heterocycles. The van der Waals surface area contributed by atoms with Gasteiger partial charge in [0.05, 0.1) is 17.6 Å². The molecule has 0 spiro atoms. The van der Waals surface area contributed by atoms with E-state index in [9.17, 15) is 13.2 Å². The van der Waals surface area contributed by atoms with Gasteiger partial charge in [-0.15, -0.1) is 11.3 Å². The summed E-state index contributed by atoms with van der Waals surface area (Å²) in [7, 11) is -3.35. The van der Waals surface area contributed by atoms with Crippen LogP contribution in [0.15, 0.2) is 23.6 Å². The number of hydrogen-bond acceptors (Lipinski definition) is 6. The van der Waals surface area contributed by atoms with Gasteiger partial charge in [0.1, 0.15) is 5.75 Å².